The third-order valence-electron chi connectivity index (χ3n) is 5.73. The van der Waals surface area contributed by atoms with Crippen molar-refractivity contribution >= 4 is 5.97 Å². The minimum absolute atomic E-state index is 0.148. The summed E-state index contributed by atoms with van der Waals surface area (Å²) in [6, 6.07) is 0. The number of carbonyl (C=O) groups excluding carboxylic acids is 1. The zero-order valence-electron chi connectivity index (χ0n) is 18.9. The summed E-state index contributed by atoms with van der Waals surface area (Å²) in [6.07, 6.45) is 29.3. The third-order valence-corrected chi connectivity index (χ3v) is 5.73. The topological polar surface area (TPSA) is 40.1 Å². The molecule has 0 radical (unpaired) electrons. The van der Waals surface area contributed by atoms with Gasteiger partial charge >= 0.3 is 0 Å². The smallest absolute Gasteiger partial charge is 0.0414 e. The van der Waals surface area contributed by atoms with Crippen molar-refractivity contribution in [3.63, 3.8) is 0 Å². The highest BCUT2D eigenvalue weighted by Crippen LogP contribution is 2.35. The van der Waals surface area contributed by atoms with Crippen LogP contribution in [0.5, 0.6) is 0 Å². The van der Waals surface area contributed by atoms with Crippen molar-refractivity contribution in [1.29, 1.82) is 0 Å². The maximum atomic E-state index is 10.4. The van der Waals surface area contributed by atoms with Crippen molar-refractivity contribution in [3.8, 4) is 0 Å². The standard InChI is InChI=1S/C27H42O2/c1-4-5-6-7-8-9-12-15-18-25-21-23(2)24(3)22-26(25)19-16-13-10-11-14-17-20-27(28)29/h8-11,15-16,18-19,25-26H,4-7,12-14,17,20-22H2,1-3H3,(H,28,29)/p-1/b9-8-,11-10-,18-15-,19-16-/t25-,26+/m0/s1. The predicted octanol–water partition coefficient (Wildman–Crippen LogP) is 6.85. The van der Waals surface area contributed by atoms with E-state index in [1.165, 1.54) is 31.3 Å². The van der Waals surface area contributed by atoms with Crippen LogP contribution >= 0.6 is 0 Å². The summed E-state index contributed by atoms with van der Waals surface area (Å²) in [4.78, 5) is 10.4. The van der Waals surface area contributed by atoms with Crippen LogP contribution in [0.3, 0.4) is 0 Å². The number of hydrogen-bond donors (Lipinski definition) is 0. The third kappa shape index (κ3) is 12.4. The first-order valence-electron chi connectivity index (χ1n) is 11.5. The second kappa shape index (κ2) is 16.0. The molecule has 0 saturated heterocycles. The number of hydrogen-bond acceptors (Lipinski definition) is 2. The molecular formula is C27H41O2-. The fraction of sp³-hybridized carbons (Fsp3) is 0.593. The molecule has 0 N–H and O–H groups in total. The number of carboxylic acids is 1. The Hall–Kier alpha value is -1.83. The SMILES string of the molecule is CCCCC/C=C\C/C=C\[C@H]1CC(C)=C(C)C[C@H]1/C=C\C/C=C\CCCC(=O)[O-]. The summed E-state index contributed by atoms with van der Waals surface area (Å²) in [5.41, 5.74) is 3.09. The number of rotatable bonds is 14. The Labute approximate surface area is 179 Å². The van der Waals surface area contributed by atoms with E-state index in [9.17, 15) is 9.90 Å². The van der Waals surface area contributed by atoms with Crippen LogP contribution < -0.4 is 5.11 Å². The largest absolute Gasteiger partial charge is 0.550 e. The monoisotopic (exact) mass is 397 g/mol. The quantitative estimate of drug-likeness (QED) is 0.237. The summed E-state index contributed by atoms with van der Waals surface area (Å²) in [5, 5.41) is 10.4. The molecule has 0 saturated carbocycles. The molecule has 0 aliphatic heterocycles. The Morgan fingerprint density at radius 3 is 1.83 bits per heavy atom. The van der Waals surface area contributed by atoms with Crippen LogP contribution in [-0.2, 0) is 4.79 Å². The van der Waals surface area contributed by atoms with Gasteiger partial charge in [0.2, 0.25) is 0 Å². The van der Waals surface area contributed by atoms with Gasteiger partial charge in [-0.3, -0.25) is 0 Å². The summed E-state index contributed by atoms with van der Waals surface area (Å²) in [5.74, 6) is 0.214. The normalized spacial score (nSPS) is 20.8. The van der Waals surface area contributed by atoms with Gasteiger partial charge < -0.3 is 9.90 Å². The Balaban J connectivity index is 2.45. The average Bonchev–Trinajstić information content (AvgIpc) is 2.68. The highest BCUT2D eigenvalue weighted by atomic mass is 16.4. The average molecular weight is 398 g/mol. The van der Waals surface area contributed by atoms with Crippen LogP contribution in [0.1, 0.15) is 91.4 Å². The fourth-order valence-electron chi connectivity index (χ4n) is 3.75. The van der Waals surface area contributed by atoms with E-state index in [-0.39, 0.29) is 6.42 Å². The van der Waals surface area contributed by atoms with E-state index in [0.29, 0.717) is 18.3 Å². The summed E-state index contributed by atoms with van der Waals surface area (Å²) in [6.45, 7) is 6.79. The molecule has 2 nitrogen and oxygen atoms in total. The van der Waals surface area contributed by atoms with Gasteiger partial charge in [-0.25, -0.2) is 0 Å². The second-order valence-electron chi connectivity index (χ2n) is 8.33. The maximum Gasteiger partial charge on any atom is 0.0414 e. The van der Waals surface area contributed by atoms with Gasteiger partial charge in [0, 0.05) is 5.97 Å². The Kier molecular flexibility index (Phi) is 13.9. The van der Waals surface area contributed by atoms with Crippen LogP contribution in [0.25, 0.3) is 0 Å². The lowest BCUT2D eigenvalue weighted by Crippen LogP contribution is -2.21. The van der Waals surface area contributed by atoms with Crippen LogP contribution in [-0.4, -0.2) is 5.97 Å². The van der Waals surface area contributed by atoms with E-state index in [1.54, 1.807) is 5.57 Å². The van der Waals surface area contributed by atoms with Crippen LogP contribution in [0.15, 0.2) is 59.8 Å². The first kappa shape index (κ1) is 25.2. The van der Waals surface area contributed by atoms with Gasteiger partial charge in [-0.1, -0.05) is 79.5 Å². The summed E-state index contributed by atoms with van der Waals surface area (Å²) >= 11 is 0. The summed E-state index contributed by atoms with van der Waals surface area (Å²) < 4.78 is 0. The zero-order valence-corrected chi connectivity index (χ0v) is 18.9. The molecule has 2 atom stereocenters. The second-order valence-corrected chi connectivity index (χ2v) is 8.33. The first-order valence-corrected chi connectivity index (χ1v) is 11.5. The molecule has 29 heavy (non-hydrogen) atoms. The predicted molar refractivity (Wildman–Crippen MR) is 123 cm³/mol. The molecule has 0 aromatic rings. The highest BCUT2D eigenvalue weighted by Gasteiger charge is 2.22. The molecule has 0 unspecified atom stereocenters. The molecule has 0 spiro atoms. The lowest BCUT2D eigenvalue weighted by atomic mass is 9.76. The minimum atomic E-state index is -0.958. The van der Waals surface area contributed by atoms with Gasteiger partial charge in [-0.2, -0.15) is 0 Å². The van der Waals surface area contributed by atoms with E-state index < -0.39 is 5.97 Å². The molecule has 0 fully saturated rings. The van der Waals surface area contributed by atoms with E-state index in [0.717, 1.165) is 32.1 Å². The lowest BCUT2D eigenvalue weighted by Gasteiger charge is -2.29. The van der Waals surface area contributed by atoms with Gasteiger partial charge in [0.25, 0.3) is 0 Å². The van der Waals surface area contributed by atoms with Gasteiger partial charge in [0.1, 0.15) is 0 Å². The van der Waals surface area contributed by atoms with Crippen molar-refractivity contribution in [2.45, 2.75) is 91.4 Å². The molecule has 0 heterocycles. The molecule has 0 aromatic carbocycles. The molecule has 1 aliphatic carbocycles. The number of unbranched alkanes of at least 4 members (excludes halogenated alkanes) is 4. The van der Waals surface area contributed by atoms with E-state index in [2.05, 4.69) is 69.4 Å². The molecule has 0 aromatic heterocycles. The molecule has 0 bridgehead atoms. The van der Waals surface area contributed by atoms with Crippen molar-refractivity contribution in [3.05, 3.63) is 59.8 Å². The molecule has 1 rings (SSSR count). The number of carboxylic acid groups (broad SMARTS) is 1. The summed E-state index contributed by atoms with van der Waals surface area (Å²) in [7, 11) is 0. The maximum absolute atomic E-state index is 10.4. The van der Waals surface area contributed by atoms with Crippen LogP contribution in [0.4, 0.5) is 0 Å². The zero-order chi connectivity index (χ0) is 21.3. The Morgan fingerprint density at radius 1 is 0.828 bits per heavy atom. The minimum Gasteiger partial charge on any atom is -0.550 e. The number of allylic oxidation sites excluding steroid dienone is 10. The molecule has 2 heteroatoms. The van der Waals surface area contributed by atoms with E-state index >= 15 is 0 Å². The van der Waals surface area contributed by atoms with Crippen LogP contribution in [0.2, 0.25) is 0 Å². The molecule has 162 valence electrons. The van der Waals surface area contributed by atoms with Crippen molar-refractivity contribution in [1.82, 2.24) is 0 Å². The molecular weight excluding hydrogens is 356 g/mol. The van der Waals surface area contributed by atoms with Crippen molar-refractivity contribution in [2.24, 2.45) is 11.8 Å². The van der Waals surface area contributed by atoms with Crippen molar-refractivity contribution < 1.29 is 9.90 Å². The number of carbonyl (C=O) groups is 1. The van der Waals surface area contributed by atoms with E-state index in [4.69, 9.17) is 0 Å². The van der Waals surface area contributed by atoms with E-state index in [1.807, 2.05) is 0 Å². The lowest BCUT2D eigenvalue weighted by molar-refractivity contribution is -0.305. The van der Waals surface area contributed by atoms with Gasteiger partial charge in [-0.05, 0) is 83.5 Å². The molecule has 0 amide bonds. The van der Waals surface area contributed by atoms with Crippen LogP contribution in [0, 0.1) is 11.8 Å². The first-order chi connectivity index (χ1) is 14.0. The van der Waals surface area contributed by atoms with Crippen molar-refractivity contribution in [2.75, 3.05) is 0 Å². The molecule has 1 aliphatic rings. The fourth-order valence-corrected chi connectivity index (χ4v) is 3.75. The number of aliphatic carboxylic acids is 1. The Morgan fingerprint density at radius 2 is 1.34 bits per heavy atom. The van der Waals surface area contributed by atoms with Gasteiger partial charge in [-0.15, -0.1) is 0 Å². The van der Waals surface area contributed by atoms with Gasteiger partial charge in [0.15, 0.2) is 0 Å². The van der Waals surface area contributed by atoms with Gasteiger partial charge in [0.05, 0.1) is 0 Å². The highest BCUT2D eigenvalue weighted by molar-refractivity contribution is 5.64. The Bertz CT molecular complexity index is 604.